The Bertz CT molecular complexity index is 373. The van der Waals surface area contributed by atoms with Gasteiger partial charge in [-0.15, -0.1) is 0 Å². The van der Waals surface area contributed by atoms with E-state index in [9.17, 15) is 0 Å². The third kappa shape index (κ3) is 4.17. The molecule has 0 amide bonds. The lowest BCUT2D eigenvalue weighted by atomic mass is 9.71. The summed E-state index contributed by atoms with van der Waals surface area (Å²) < 4.78 is 5.23. The summed E-state index contributed by atoms with van der Waals surface area (Å²) in [6.07, 6.45) is 5.57. The van der Waals surface area contributed by atoms with Crippen molar-refractivity contribution >= 4 is 23.3 Å². The number of nitrogens with zero attached hydrogens (tertiary/aromatic N) is 2. The molecule has 1 saturated carbocycles. The second kappa shape index (κ2) is 6.55. The molecular formula is C14H25N3S2. The van der Waals surface area contributed by atoms with Gasteiger partial charge in [-0.1, -0.05) is 39.5 Å². The molecule has 1 aromatic heterocycles. The first-order chi connectivity index (χ1) is 9.00. The van der Waals surface area contributed by atoms with Crippen molar-refractivity contribution in [2.24, 2.45) is 11.3 Å². The minimum Gasteiger partial charge on any atom is -0.313 e. The quantitative estimate of drug-likeness (QED) is 0.917. The van der Waals surface area contributed by atoms with Gasteiger partial charge in [-0.25, -0.2) is 4.98 Å². The maximum absolute atomic E-state index is 4.33. The summed E-state index contributed by atoms with van der Waals surface area (Å²) in [5.41, 5.74) is 0.414. The first-order valence-corrected chi connectivity index (χ1v) is 8.82. The number of aromatic nitrogens is 2. The van der Waals surface area contributed by atoms with Crippen molar-refractivity contribution in [2.75, 3.05) is 6.54 Å². The first kappa shape index (κ1) is 15.3. The lowest BCUT2D eigenvalue weighted by molar-refractivity contribution is 0.165. The van der Waals surface area contributed by atoms with Crippen molar-refractivity contribution in [1.82, 2.24) is 14.7 Å². The number of hydrogen-bond acceptors (Lipinski definition) is 5. The Balaban J connectivity index is 2.04. The van der Waals surface area contributed by atoms with E-state index in [-0.39, 0.29) is 0 Å². The van der Waals surface area contributed by atoms with Crippen molar-refractivity contribution in [3.05, 3.63) is 6.33 Å². The number of hydrogen-bond donors (Lipinski definition) is 1. The van der Waals surface area contributed by atoms with Gasteiger partial charge >= 0.3 is 0 Å². The second-order valence-corrected chi connectivity index (χ2v) is 8.67. The van der Waals surface area contributed by atoms with Gasteiger partial charge < -0.3 is 5.32 Å². The first-order valence-electron chi connectivity index (χ1n) is 7.17. The Morgan fingerprint density at radius 3 is 2.79 bits per heavy atom. The van der Waals surface area contributed by atoms with Crippen LogP contribution in [0.3, 0.4) is 0 Å². The molecule has 0 aromatic carbocycles. The SMILES string of the molecule is CCNC1CCC(C(C)(C)C)CC1Sc1ncns1. The van der Waals surface area contributed by atoms with Crippen molar-refractivity contribution in [2.45, 2.75) is 62.6 Å². The van der Waals surface area contributed by atoms with Crippen molar-refractivity contribution in [3.8, 4) is 0 Å². The molecule has 1 heterocycles. The highest BCUT2D eigenvalue weighted by molar-refractivity contribution is 8.01. The molecule has 1 N–H and O–H groups in total. The molecule has 2 rings (SSSR count). The van der Waals surface area contributed by atoms with Gasteiger partial charge in [-0.3, -0.25) is 0 Å². The van der Waals surface area contributed by atoms with Crippen LogP contribution in [-0.2, 0) is 0 Å². The molecule has 3 unspecified atom stereocenters. The molecule has 0 bridgehead atoms. The van der Waals surface area contributed by atoms with Crippen LogP contribution in [-0.4, -0.2) is 27.2 Å². The zero-order chi connectivity index (χ0) is 13.9. The van der Waals surface area contributed by atoms with E-state index in [2.05, 4.69) is 42.4 Å². The van der Waals surface area contributed by atoms with Crippen LogP contribution < -0.4 is 5.32 Å². The van der Waals surface area contributed by atoms with Crippen LogP contribution >= 0.6 is 23.3 Å². The van der Waals surface area contributed by atoms with E-state index in [1.165, 1.54) is 30.8 Å². The highest BCUT2D eigenvalue weighted by Crippen LogP contribution is 2.43. The Kier molecular flexibility index (Phi) is 5.26. The molecule has 0 saturated heterocycles. The van der Waals surface area contributed by atoms with Gasteiger partial charge in [0.05, 0.1) is 0 Å². The predicted octanol–water partition coefficient (Wildman–Crippen LogP) is 3.82. The highest BCUT2D eigenvalue weighted by Gasteiger charge is 2.36. The number of rotatable bonds is 4. The standard InChI is InChI=1S/C14H25N3S2/c1-5-15-11-7-6-10(14(2,3)4)8-12(11)18-13-16-9-17-19-13/h9-12,15H,5-8H2,1-4H3. The number of nitrogens with one attached hydrogen (secondary N) is 1. The third-order valence-electron chi connectivity index (χ3n) is 4.08. The van der Waals surface area contributed by atoms with Gasteiger partial charge in [-0.05, 0) is 48.7 Å². The van der Waals surface area contributed by atoms with Gasteiger partial charge in [0.15, 0.2) is 4.34 Å². The molecule has 3 nitrogen and oxygen atoms in total. The van der Waals surface area contributed by atoms with E-state index in [0.29, 0.717) is 16.7 Å². The van der Waals surface area contributed by atoms with E-state index in [0.717, 1.165) is 16.8 Å². The topological polar surface area (TPSA) is 37.8 Å². The average Bonchev–Trinajstić information content (AvgIpc) is 2.83. The molecule has 0 radical (unpaired) electrons. The summed E-state index contributed by atoms with van der Waals surface area (Å²) in [6, 6.07) is 0.623. The van der Waals surface area contributed by atoms with E-state index in [4.69, 9.17) is 0 Å². The molecule has 5 heteroatoms. The van der Waals surface area contributed by atoms with Gasteiger partial charge in [0.1, 0.15) is 6.33 Å². The molecule has 3 atom stereocenters. The van der Waals surface area contributed by atoms with Crippen LogP contribution in [0.1, 0.15) is 47.0 Å². The third-order valence-corrected chi connectivity index (χ3v) is 6.18. The van der Waals surface area contributed by atoms with Crippen LogP contribution in [0.2, 0.25) is 0 Å². The fourth-order valence-corrected chi connectivity index (χ4v) is 4.93. The summed E-state index contributed by atoms with van der Waals surface area (Å²) in [6.45, 7) is 10.4. The van der Waals surface area contributed by atoms with Gasteiger partial charge in [-0.2, -0.15) is 4.37 Å². The van der Waals surface area contributed by atoms with Gasteiger partial charge in [0.2, 0.25) is 0 Å². The van der Waals surface area contributed by atoms with Crippen LogP contribution in [0.15, 0.2) is 10.7 Å². The van der Waals surface area contributed by atoms with Crippen LogP contribution in [0.25, 0.3) is 0 Å². The lowest BCUT2D eigenvalue weighted by Gasteiger charge is -2.41. The maximum Gasteiger partial charge on any atom is 0.170 e. The fourth-order valence-electron chi connectivity index (χ4n) is 2.89. The second-order valence-electron chi connectivity index (χ2n) is 6.40. The zero-order valence-electron chi connectivity index (χ0n) is 12.3. The summed E-state index contributed by atoms with van der Waals surface area (Å²) in [7, 11) is 0. The zero-order valence-corrected chi connectivity index (χ0v) is 14.0. The normalized spacial score (nSPS) is 28.5. The van der Waals surface area contributed by atoms with Crippen LogP contribution in [0, 0.1) is 11.3 Å². The Morgan fingerprint density at radius 1 is 1.42 bits per heavy atom. The summed E-state index contributed by atoms with van der Waals surface area (Å²) in [4.78, 5) is 4.33. The predicted molar refractivity (Wildman–Crippen MR) is 83.8 cm³/mol. The van der Waals surface area contributed by atoms with E-state index in [1.807, 2.05) is 11.8 Å². The van der Waals surface area contributed by atoms with Crippen LogP contribution in [0.5, 0.6) is 0 Å². The molecule has 1 aliphatic carbocycles. The van der Waals surface area contributed by atoms with E-state index >= 15 is 0 Å². The minimum absolute atomic E-state index is 0.414. The molecule has 1 aromatic rings. The van der Waals surface area contributed by atoms with Crippen LogP contribution in [0.4, 0.5) is 0 Å². The lowest BCUT2D eigenvalue weighted by Crippen LogP contribution is -2.44. The highest BCUT2D eigenvalue weighted by atomic mass is 32.2. The Morgan fingerprint density at radius 2 is 2.21 bits per heavy atom. The molecule has 0 aliphatic heterocycles. The summed E-state index contributed by atoms with van der Waals surface area (Å²) in [5.74, 6) is 0.813. The largest absolute Gasteiger partial charge is 0.313 e. The molecular weight excluding hydrogens is 274 g/mol. The average molecular weight is 300 g/mol. The molecule has 1 fully saturated rings. The number of thioether (sulfide) groups is 1. The fraction of sp³-hybridized carbons (Fsp3) is 0.857. The summed E-state index contributed by atoms with van der Waals surface area (Å²) in [5, 5.41) is 4.29. The van der Waals surface area contributed by atoms with Crippen molar-refractivity contribution in [1.29, 1.82) is 0 Å². The minimum atomic E-state index is 0.414. The molecule has 19 heavy (non-hydrogen) atoms. The van der Waals surface area contributed by atoms with Crippen molar-refractivity contribution < 1.29 is 0 Å². The smallest absolute Gasteiger partial charge is 0.170 e. The van der Waals surface area contributed by atoms with E-state index < -0.39 is 0 Å². The Labute approximate surface area is 125 Å². The van der Waals surface area contributed by atoms with E-state index in [1.54, 1.807) is 6.33 Å². The molecule has 108 valence electrons. The maximum atomic E-state index is 4.33. The van der Waals surface area contributed by atoms with Gasteiger partial charge in [0, 0.05) is 11.3 Å². The molecule has 1 aliphatic rings. The summed E-state index contributed by atoms with van der Waals surface area (Å²) >= 11 is 3.44. The Hall–Kier alpha value is -0.130. The van der Waals surface area contributed by atoms with Crippen molar-refractivity contribution in [3.63, 3.8) is 0 Å². The molecule has 0 spiro atoms. The monoisotopic (exact) mass is 299 g/mol. The van der Waals surface area contributed by atoms with Gasteiger partial charge in [0.25, 0.3) is 0 Å².